The number of imidazole rings is 1. The maximum atomic E-state index is 12.2. The molecule has 0 aliphatic heterocycles. The number of nitrogens with zero attached hydrogens (tertiary/aromatic N) is 2. The Kier molecular flexibility index (Phi) is 5.90. The molecule has 1 heterocycles. The second-order valence-corrected chi connectivity index (χ2v) is 8.13. The quantitative estimate of drug-likeness (QED) is 0.820. The van der Waals surface area contributed by atoms with Gasteiger partial charge >= 0.3 is 0 Å². The normalized spacial score (nSPS) is 11.7. The lowest BCUT2D eigenvalue weighted by atomic mass is 10.1. The summed E-state index contributed by atoms with van der Waals surface area (Å²) in [6, 6.07) is 5.46. The summed E-state index contributed by atoms with van der Waals surface area (Å²) in [7, 11) is -4.02. The Labute approximate surface area is 150 Å². The largest absolute Gasteiger partial charge is 0.321 e. The van der Waals surface area contributed by atoms with Crippen LogP contribution in [0.25, 0.3) is 0 Å². The molecule has 1 aromatic heterocycles. The SMILES string of the molecule is CC(C)CCn1cnc(C(=O)NS(=O)(=O)c2ccc(Cl)cc2)c1Cl. The maximum absolute atomic E-state index is 12.2. The van der Waals surface area contributed by atoms with Gasteiger partial charge in [-0.1, -0.05) is 37.0 Å². The first-order valence-electron chi connectivity index (χ1n) is 7.24. The van der Waals surface area contributed by atoms with Crippen molar-refractivity contribution in [1.82, 2.24) is 14.3 Å². The molecule has 0 atom stereocenters. The van der Waals surface area contributed by atoms with Gasteiger partial charge in [0.15, 0.2) is 5.69 Å². The number of aryl methyl sites for hydroxylation is 1. The summed E-state index contributed by atoms with van der Waals surface area (Å²) >= 11 is 11.9. The highest BCUT2D eigenvalue weighted by Gasteiger charge is 2.23. The summed E-state index contributed by atoms with van der Waals surface area (Å²) in [5.41, 5.74) is -0.127. The smallest absolute Gasteiger partial charge is 0.286 e. The first-order chi connectivity index (χ1) is 11.2. The van der Waals surface area contributed by atoms with Gasteiger partial charge in [0.05, 0.1) is 11.2 Å². The lowest BCUT2D eigenvalue weighted by molar-refractivity contribution is 0.0977. The van der Waals surface area contributed by atoms with Crippen LogP contribution in [-0.2, 0) is 16.6 Å². The molecule has 6 nitrogen and oxygen atoms in total. The van der Waals surface area contributed by atoms with Gasteiger partial charge in [-0.15, -0.1) is 0 Å². The Morgan fingerprint density at radius 1 is 1.25 bits per heavy atom. The number of hydrogen-bond acceptors (Lipinski definition) is 4. The molecule has 0 fully saturated rings. The van der Waals surface area contributed by atoms with Crippen LogP contribution in [0.3, 0.4) is 0 Å². The first-order valence-corrected chi connectivity index (χ1v) is 9.48. The maximum Gasteiger partial charge on any atom is 0.286 e. The average molecular weight is 390 g/mol. The van der Waals surface area contributed by atoms with Gasteiger partial charge in [-0.2, -0.15) is 0 Å². The van der Waals surface area contributed by atoms with Crippen molar-refractivity contribution in [3.8, 4) is 0 Å². The molecule has 0 radical (unpaired) electrons. The van der Waals surface area contributed by atoms with Crippen molar-refractivity contribution in [3.05, 3.63) is 46.5 Å². The van der Waals surface area contributed by atoms with Gasteiger partial charge in [0.25, 0.3) is 15.9 Å². The molecule has 0 aliphatic rings. The minimum atomic E-state index is -4.02. The van der Waals surface area contributed by atoms with Crippen molar-refractivity contribution in [2.45, 2.75) is 31.7 Å². The fourth-order valence-corrected chi connectivity index (χ4v) is 3.26. The topological polar surface area (TPSA) is 81.1 Å². The molecule has 1 aromatic carbocycles. The summed E-state index contributed by atoms with van der Waals surface area (Å²) in [6.07, 6.45) is 2.29. The third-order valence-electron chi connectivity index (χ3n) is 3.29. The van der Waals surface area contributed by atoms with Gasteiger partial charge in [-0.05, 0) is 36.6 Å². The number of halogens is 2. The number of benzene rings is 1. The number of rotatable bonds is 6. The highest BCUT2D eigenvalue weighted by molar-refractivity contribution is 7.90. The van der Waals surface area contributed by atoms with E-state index in [1.165, 1.54) is 30.6 Å². The highest BCUT2D eigenvalue weighted by Crippen LogP contribution is 2.18. The van der Waals surface area contributed by atoms with E-state index in [0.29, 0.717) is 17.5 Å². The van der Waals surface area contributed by atoms with E-state index in [4.69, 9.17) is 23.2 Å². The zero-order chi connectivity index (χ0) is 17.9. The Hall–Kier alpha value is -1.57. The summed E-state index contributed by atoms with van der Waals surface area (Å²) < 4.78 is 28.0. The molecule has 1 amide bonds. The van der Waals surface area contributed by atoms with Crippen LogP contribution in [0.2, 0.25) is 10.2 Å². The van der Waals surface area contributed by atoms with Crippen LogP contribution in [0, 0.1) is 5.92 Å². The average Bonchev–Trinajstić information content (AvgIpc) is 2.86. The van der Waals surface area contributed by atoms with Crippen LogP contribution in [0.1, 0.15) is 30.8 Å². The fourth-order valence-electron chi connectivity index (χ4n) is 1.92. The number of aromatic nitrogens is 2. The molecule has 130 valence electrons. The Morgan fingerprint density at radius 3 is 2.46 bits per heavy atom. The van der Waals surface area contributed by atoms with E-state index in [9.17, 15) is 13.2 Å². The molecular weight excluding hydrogens is 373 g/mol. The molecule has 1 N–H and O–H groups in total. The third kappa shape index (κ3) is 4.49. The van der Waals surface area contributed by atoms with Gasteiger partial charge in [-0.25, -0.2) is 18.1 Å². The standard InChI is InChI=1S/C15H17Cl2N3O3S/c1-10(2)7-8-20-9-18-13(14(20)17)15(21)19-24(22,23)12-5-3-11(16)4-6-12/h3-6,9-10H,7-8H2,1-2H3,(H,19,21). The van der Waals surface area contributed by atoms with E-state index in [-0.39, 0.29) is 15.7 Å². The Balaban J connectivity index is 2.16. The lowest BCUT2D eigenvalue weighted by Gasteiger charge is -2.08. The van der Waals surface area contributed by atoms with Crippen molar-refractivity contribution < 1.29 is 13.2 Å². The van der Waals surface area contributed by atoms with Crippen LogP contribution in [0.15, 0.2) is 35.5 Å². The number of sulfonamides is 1. The van der Waals surface area contributed by atoms with Crippen LogP contribution < -0.4 is 4.72 Å². The molecule has 0 spiro atoms. The Morgan fingerprint density at radius 2 is 1.88 bits per heavy atom. The second kappa shape index (κ2) is 7.55. The Bertz CT molecular complexity index is 830. The molecule has 0 bridgehead atoms. The summed E-state index contributed by atoms with van der Waals surface area (Å²) in [4.78, 5) is 16.0. The van der Waals surface area contributed by atoms with Crippen molar-refractivity contribution in [2.24, 2.45) is 5.92 Å². The second-order valence-electron chi connectivity index (χ2n) is 5.65. The molecule has 2 rings (SSSR count). The van der Waals surface area contributed by atoms with Crippen molar-refractivity contribution in [1.29, 1.82) is 0 Å². The zero-order valence-electron chi connectivity index (χ0n) is 13.2. The number of carbonyl (C=O) groups is 1. The monoisotopic (exact) mass is 389 g/mol. The zero-order valence-corrected chi connectivity index (χ0v) is 15.5. The van der Waals surface area contributed by atoms with E-state index < -0.39 is 15.9 Å². The van der Waals surface area contributed by atoms with Crippen molar-refractivity contribution >= 4 is 39.1 Å². The van der Waals surface area contributed by atoms with Crippen LogP contribution in [-0.4, -0.2) is 23.9 Å². The molecule has 0 aliphatic carbocycles. The van der Waals surface area contributed by atoms with E-state index >= 15 is 0 Å². The predicted octanol–water partition coefficient (Wildman–Crippen LogP) is 3.35. The number of carbonyl (C=O) groups excluding carboxylic acids is 1. The van der Waals surface area contributed by atoms with Gasteiger partial charge in [0, 0.05) is 11.6 Å². The number of amides is 1. The highest BCUT2D eigenvalue weighted by atomic mass is 35.5. The minimum absolute atomic E-state index is 0.0735. The number of hydrogen-bond donors (Lipinski definition) is 1. The van der Waals surface area contributed by atoms with Gasteiger partial charge < -0.3 is 4.57 Å². The molecule has 9 heteroatoms. The molecular formula is C15H17Cl2N3O3S. The fraction of sp³-hybridized carbons (Fsp3) is 0.333. The summed E-state index contributed by atoms with van der Waals surface area (Å²) in [6.45, 7) is 4.73. The van der Waals surface area contributed by atoms with Crippen molar-refractivity contribution in [2.75, 3.05) is 0 Å². The van der Waals surface area contributed by atoms with Crippen LogP contribution in [0.4, 0.5) is 0 Å². The summed E-state index contributed by atoms with van der Waals surface area (Å²) in [5.74, 6) is -0.413. The minimum Gasteiger partial charge on any atom is -0.321 e. The van der Waals surface area contributed by atoms with Gasteiger partial charge in [0.1, 0.15) is 5.15 Å². The predicted molar refractivity (Wildman–Crippen MR) is 92.8 cm³/mol. The first kappa shape index (κ1) is 18.8. The van der Waals surface area contributed by atoms with Gasteiger partial charge in [-0.3, -0.25) is 4.79 Å². The van der Waals surface area contributed by atoms with E-state index in [2.05, 4.69) is 18.8 Å². The van der Waals surface area contributed by atoms with E-state index in [0.717, 1.165) is 6.42 Å². The van der Waals surface area contributed by atoms with Crippen molar-refractivity contribution in [3.63, 3.8) is 0 Å². The number of nitrogens with one attached hydrogen (secondary N) is 1. The molecule has 2 aromatic rings. The molecule has 0 saturated heterocycles. The van der Waals surface area contributed by atoms with Gasteiger partial charge in [0.2, 0.25) is 0 Å². The summed E-state index contributed by atoms with van der Waals surface area (Å²) in [5, 5.41) is 0.506. The molecule has 0 saturated carbocycles. The molecule has 24 heavy (non-hydrogen) atoms. The lowest BCUT2D eigenvalue weighted by Crippen LogP contribution is -2.31. The molecule has 0 unspecified atom stereocenters. The van der Waals surface area contributed by atoms with Crippen LogP contribution >= 0.6 is 23.2 Å². The van der Waals surface area contributed by atoms with Crippen LogP contribution in [0.5, 0.6) is 0 Å². The third-order valence-corrected chi connectivity index (χ3v) is 5.28. The van der Waals surface area contributed by atoms with E-state index in [1.807, 2.05) is 4.72 Å². The van der Waals surface area contributed by atoms with E-state index in [1.54, 1.807) is 4.57 Å².